The highest BCUT2D eigenvalue weighted by Crippen LogP contribution is 2.19. The molecule has 0 aliphatic heterocycles. The Morgan fingerprint density at radius 3 is 2.63 bits per heavy atom. The molecule has 0 bridgehead atoms. The van der Waals surface area contributed by atoms with E-state index >= 15 is 0 Å². The van der Waals surface area contributed by atoms with Crippen molar-refractivity contribution in [2.45, 2.75) is 20.3 Å². The summed E-state index contributed by atoms with van der Waals surface area (Å²) < 4.78 is 7.92. The van der Waals surface area contributed by atoms with Gasteiger partial charge in [0.15, 0.2) is 0 Å². The summed E-state index contributed by atoms with van der Waals surface area (Å²) in [5.41, 5.74) is 3.74. The van der Waals surface area contributed by atoms with E-state index in [0.717, 1.165) is 0 Å². The molecule has 0 atom stereocenters. The number of benzene rings is 2. The molecule has 1 heterocycles. The number of aromatic nitrogens is 1. The average molecular weight is 251 g/mol. The van der Waals surface area contributed by atoms with Crippen molar-refractivity contribution >= 4 is 10.9 Å². The van der Waals surface area contributed by atoms with E-state index in [1.54, 1.807) is 0 Å². The lowest BCUT2D eigenvalue weighted by Crippen LogP contribution is -2.01. The standard InChI is InChI=1S/C17H17NO/c1-14-6-5-9-17-16(14)10-11-18(17)13-19-12-15-7-3-2-4-8-15/h2-11H,12-13H2,1H3. The predicted molar refractivity (Wildman–Crippen MR) is 77.9 cm³/mol. The van der Waals surface area contributed by atoms with Gasteiger partial charge in [-0.1, -0.05) is 42.5 Å². The quantitative estimate of drug-likeness (QED) is 0.680. The van der Waals surface area contributed by atoms with E-state index in [1.807, 2.05) is 18.2 Å². The number of nitrogens with zero attached hydrogens (tertiary/aromatic N) is 1. The summed E-state index contributed by atoms with van der Waals surface area (Å²) in [6, 6.07) is 18.8. The van der Waals surface area contributed by atoms with Crippen LogP contribution >= 0.6 is 0 Å². The Morgan fingerprint density at radius 2 is 1.79 bits per heavy atom. The van der Waals surface area contributed by atoms with Crippen LogP contribution in [0.1, 0.15) is 11.1 Å². The fourth-order valence-electron chi connectivity index (χ4n) is 2.33. The van der Waals surface area contributed by atoms with E-state index in [-0.39, 0.29) is 0 Å². The van der Waals surface area contributed by atoms with Gasteiger partial charge < -0.3 is 9.30 Å². The predicted octanol–water partition coefficient (Wildman–Crippen LogP) is 4.12. The molecule has 2 heteroatoms. The van der Waals surface area contributed by atoms with Crippen LogP contribution in [0.15, 0.2) is 60.8 Å². The lowest BCUT2D eigenvalue weighted by Gasteiger charge is -2.07. The maximum Gasteiger partial charge on any atom is 0.123 e. The fourth-order valence-corrected chi connectivity index (χ4v) is 2.33. The third kappa shape index (κ3) is 2.54. The zero-order valence-electron chi connectivity index (χ0n) is 11.0. The Balaban J connectivity index is 1.71. The molecule has 3 rings (SSSR count). The first kappa shape index (κ1) is 12.0. The van der Waals surface area contributed by atoms with E-state index < -0.39 is 0 Å². The number of aryl methyl sites for hydroxylation is 1. The molecule has 0 spiro atoms. The Labute approximate surface area is 113 Å². The number of fused-ring (bicyclic) bond motifs is 1. The third-order valence-corrected chi connectivity index (χ3v) is 3.37. The van der Waals surface area contributed by atoms with Crippen LogP contribution in [0.25, 0.3) is 10.9 Å². The van der Waals surface area contributed by atoms with Crippen molar-refractivity contribution in [1.82, 2.24) is 4.57 Å². The summed E-state index contributed by atoms with van der Waals surface area (Å²) in [6.07, 6.45) is 2.09. The van der Waals surface area contributed by atoms with E-state index in [0.29, 0.717) is 13.3 Å². The van der Waals surface area contributed by atoms with Crippen LogP contribution < -0.4 is 0 Å². The minimum atomic E-state index is 0.585. The molecule has 96 valence electrons. The molecule has 1 aromatic heterocycles. The van der Waals surface area contributed by atoms with Gasteiger partial charge in [0.1, 0.15) is 6.73 Å². The number of hydrogen-bond donors (Lipinski definition) is 0. The summed E-state index contributed by atoms with van der Waals surface area (Å²) >= 11 is 0. The van der Waals surface area contributed by atoms with Gasteiger partial charge in [-0.25, -0.2) is 0 Å². The van der Waals surface area contributed by atoms with Crippen LogP contribution in [-0.4, -0.2) is 4.57 Å². The highest BCUT2D eigenvalue weighted by Gasteiger charge is 2.02. The smallest absolute Gasteiger partial charge is 0.123 e. The van der Waals surface area contributed by atoms with Gasteiger partial charge in [0.25, 0.3) is 0 Å². The first-order valence-electron chi connectivity index (χ1n) is 6.51. The van der Waals surface area contributed by atoms with Crippen molar-refractivity contribution in [1.29, 1.82) is 0 Å². The van der Waals surface area contributed by atoms with Crippen LogP contribution in [0.2, 0.25) is 0 Å². The molecule has 0 N–H and O–H groups in total. The summed E-state index contributed by atoms with van der Waals surface area (Å²) in [6.45, 7) is 3.37. The molecule has 0 amide bonds. The van der Waals surface area contributed by atoms with E-state index in [2.05, 4.69) is 54.1 Å². The Hall–Kier alpha value is -2.06. The van der Waals surface area contributed by atoms with Crippen molar-refractivity contribution in [3.63, 3.8) is 0 Å². The van der Waals surface area contributed by atoms with Gasteiger partial charge in [0.2, 0.25) is 0 Å². The van der Waals surface area contributed by atoms with E-state index in [4.69, 9.17) is 4.74 Å². The van der Waals surface area contributed by atoms with Crippen molar-refractivity contribution < 1.29 is 4.74 Å². The topological polar surface area (TPSA) is 14.2 Å². The highest BCUT2D eigenvalue weighted by molar-refractivity contribution is 5.83. The van der Waals surface area contributed by atoms with Crippen LogP contribution in [0.4, 0.5) is 0 Å². The van der Waals surface area contributed by atoms with E-state index in [1.165, 1.54) is 22.0 Å². The summed E-state index contributed by atoms with van der Waals surface area (Å²) in [7, 11) is 0. The lowest BCUT2D eigenvalue weighted by atomic mass is 10.1. The average Bonchev–Trinajstić information content (AvgIpc) is 2.85. The molecule has 2 nitrogen and oxygen atoms in total. The molecule has 2 aromatic carbocycles. The maximum atomic E-state index is 5.78. The van der Waals surface area contributed by atoms with Gasteiger partial charge in [0, 0.05) is 11.6 Å². The van der Waals surface area contributed by atoms with Gasteiger partial charge in [0.05, 0.1) is 12.1 Å². The molecule has 0 radical (unpaired) electrons. The summed E-state index contributed by atoms with van der Waals surface area (Å²) in [5.74, 6) is 0. The highest BCUT2D eigenvalue weighted by atomic mass is 16.5. The van der Waals surface area contributed by atoms with E-state index in [9.17, 15) is 0 Å². The first-order chi connectivity index (χ1) is 9.34. The van der Waals surface area contributed by atoms with Gasteiger partial charge in [-0.15, -0.1) is 0 Å². The van der Waals surface area contributed by atoms with Crippen LogP contribution in [0, 0.1) is 6.92 Å². The first-order valence-corrected chi connectivity index (χ1v) is 6.51. The second kappa shape index (κ2) is 5.29. The van der Waals surface area contributed by atoms with Crippen LogP contribution in [0.5, 0.6) is 0 Å². The van der Waals surface area contributed by atoms with Gasteiger partial charge >= 0.3 is 0 Å². The molecule has 0 saturated heterocycles. The molecular weight excluding hydrogens is 234 g/mol. The molecule has 19 heavy (non-hydrogen) atoms. The molecular formula is C17H17NO. The van der Waals surface area contributed by atoms with Crippen LogP contribution in [-0.2, 0) is 18.1 Å². The Morgan fingerprint density at radius 1 is 0.947 bits per heavy atom. The minimum absolute atomic E-state index is 0.585. The Bertz CT molecular complexity index is 670. The largest absolute Gasteiger partial charge is 0.356 e. The number of rotatable bonds is 4. The Kier molecular flexibility index (Phi) is 3.34. The number of ether oxygens (including phenoxy) is 1. The van der Waals surface area contributed by atoms with Crippen LogP contribution in [0.3, 0.4) is 0 Å². The second-order valence-electron chi connectivity index (χ2n) is 4.76. The molecule has 3 aromatic rings. The second-order valence-corrected chi connectivity index (χ2v) is 4.76. The SMILES string of the molecule is Cc1cccc2c1ccn2COCc1ccccc1. The minimum Gasteiger partial charge on any atom is -0.356 e. The van der Waals surface area contributed by atoms with Crippen molar-refractivity contribution in [3.05, 3.63) is 71.9 Å². The van der Waals surface area contributed by atoms with Gasteiger partial charge in [-0.3, -0.25) is 0 Å². The molecule has 0 aliphatic rings. The monoisotopic (exact) mass is 251 g/mol. The molecule has 0 unspecified atom stereocenters. The zero-order valence-corrected chi connectivity index (χ0v) is 11.0. The third-order valence-electron chi connectivity index (χ3n) is 3.37. The number of hydrogen-bond acceptors (Lipinski definition) is 1. The fraction of sp³-hybridized carbons (Fsp3) is 0.176. The van der Waals surface area contributed by atoms with Crippen molar-refractivity contribution in [2.75, 3.05) is 0 Å². The maximum absolute atomic E-state index is 5.78. The van der Waals surface area contributed by atoms with Crippen molar-refractivity contribution in [2.24, 2.45) is 0 Å². The lowest BCUT2D eigenvalue weighted by molar-refractivity contribution is 0.0668. The molecule has 0 fully saturated rings. The molecule has 0 saturated carbocycles. The van der Waals surface area contributed by atoms with Gasteiger partial charge in [-0.2, -0.15) is 0 Å². The zero-order chi connectivity index (χ0) is 13.1. The van der Waals surface area contributed by atoms with Crippen molar-refractivity contribution in [3.8, 4) is 0 Å². The molecule has 0 aliphatic carbocycles. The van der Waals surface area contributed by atoms with Gasteiger partial charge in [-0.05, 0) is 30.2 Å². The summed E-state index contributed by atoms with van der Waals surface area (Å²) in [4.78, 5) is 0. The normalized spacial score (nSPS) is 11.0. The summed E-state index contributed by atoms with van der Waals surface area (Å²) in [5, 5.41) is 1.30.